The number of hydrogen-bond donors (Lipinski definition) is 0. The fourth-order valence-corrected chi connectivity index (χ4v) is 10.5. The minimum Gasteiger partial charge on any atom is -0.309 e. The van der Waals surface area contributed by atoms with Crippen LogP contribution >= 0.6 is 0 Å². The number of para-hydroxylation sites is 2. The molecule has 0 aliphatic carbocycles. The highest BCUT2D eigenvalue weighted by Crippen LogP contribution is 2.43. The van der Waals surface area contributed by atoms with Crippen molar-refractivity contribution in [3.05, 3.63) is 218 Å². The van der Waals surface area contributed by atoms with Gasteiger partial charge in [0.1, 0.15) is 0 Å². The van der Waals surface area contributed by atoms with Gasteiger partial charge in [0.05, 0.1) is 33.5 Å². The van der Waals surface area contributed by atoms with Crippen LogP contribution in [0, 0.1) is 0 Å². The van der Waals surface area contributed by atoms with Gasteiger partial charge in [0.25, 0.3) is 0 Å². The van der Waals surface area contributed by atoms with E-state index in [0.717, 1.165) is 83.1 Å². The Morgan fingerprint density at radius 3 is 1.77 bits per heavy atom. The Hall–Kier alpha value is -8.73. The molecule has 0 saturated carbocycles. The Morgan fingerprint density at radius 1 is 0.292 bits per heavy atom. The maximum Gasteiger partial charge on any atom is 0.160 e. The number of hydrogen-bond acceptors (Lipinski definition) is 3. The largest absolute Gasteiger partial charge is 0.309 e. The molecule has 0 spiro atoms. The topological polar surface area (TPSA) is 43.6 Å². The van der Waals surface area contributed by atoms with Crippen LogP contribution < -0.4 is 0 Å². The highest BCUT2D eigenvalue weighted by atomic mass is 15.0. The van der Waals surface area contributed by atoms with Crippen molar-refractivity contribution in [1.29, 1.82) is 0 Å². The van der Waals surface area contributed by atoms with E-state index in [-0.39, 0.29) is 0 Å². The van der Waals surface area contributed by atoms with Crippen LogP contribution in [-0.2, 0) is 0 Å². The lowest BCUT2D eigenvalue weighted by molar-refractivity contribution is 1.18. The van der Waals surface area contributed by atoms with Gasteiger partial charge >= 0.3 is 0 Å². The van der Waals surface area contributed by atoms with Crippen molar-refractivity contribution in [3.8, 4) is 50.7 Å². The molecule has 0 atom stereocenters. The highest BCUT2D eigenvalue weighted by Gasteiger charge is 2.20. The van der Waals surface area contributed by atoms with Crippen molar-refractivity contribution in [2.45, 2.75) is 0 Å². The molecule has 14 aromatic rings. The second-order valence-corrected chi connectivity index (χ2v) is 17.1. The first-order valence-corrected chi connectivity index (χ1v) is 22.2. The van der Waals surface area contributed by atoms with E-state index in [0.29, 0.717) is 5.82 Å². The van der Waals surface area contributed by atoms with Gasteiger partial charge in [-0.1, -0.05) is 176 Å². The summed E-state index contributed by atoms with van der Waals surface area (Å²) in [7, 11) is 0. The van der Waals surface area contributed by atoms with Crippen LogP contribution in [0.15, 0.2) is 218 Å². The van der Waals surface area contributed by atoms with E-state index in [1.165, 1.54) is 48.5 Å². The zero-order chi connectivity index (χ0) is 42.6. The number of nitrogens with zero attached hydrogens (tertiary/aromatic N) is 4. The maximum absolute atomic E-state index is 5.44. The monoisotopic (exact) mass is 824 g/mol. The molecular formula is C61H36N4. The van der Waals surface area contributed by atoms with Crippen LogP contribution in [-0.4, -0.2) is 19.5 Å². The first kappa shape index (κ1) is 35.8. The van der Waals surface area contributed by atoms with Crippen LogP contribution in [0.1, 0.15) is 0 Å². The average Bonchev–Trinajstić information content (AvgIpc) is 3.69. The Labute approximate surface area is 373 Å². The summed E-state index contributed by atoms with van der Waals surface area (Å²) in [4.78, 5) is 16.0. The molecule has 0 aliphatic heterocycles. The van der Waals surface area contributed by atoms with Gasteiger partial charge in [-0.2, -0.15) is 0 Å². The summed E-state index contributed by atoms with van der Waals surface area (Å²) >= 11 is 0. The summed E-state index contributed by atoms with van der Waals surface area (Å²) in [6.07, 6.45) is 0. The van der Waals surface area contributed by atoms with Gasteiger partial charge in [-0.3, -0.25) is 0 Å². The molecule has 3 heterocycles. The summed E-state index contributed by atoms with van der Waals surface area (Å²) < 4.78 is 2.41. The average molecular weight is 825 g/mol. The Kier molecular flexibility index (Phi) is 7.65. The van der Waals surface area contributed by atoms with E-state index in [1.807, 2.05) is 0 Å². The molecule has 4 nitrogen and oxygen atoms in total. The molecule has 0 unspecified atom stereocenters. The van der Waals surface area contributed by atoms with E-state index in [1.54, 1.807) is 0 Å². The number of aromatic nitrogens is 4. The van der Waals surface area contributed by atoms with Crippen LogP contribution in [0.2, 0.25) is 0 Å². The summed E-state index contributed by atoms with van der Waals surface area (Å²) in [5.74, 6) is 0.701. The van der Waals surface area contributed by atoms with Crippen molar-refractivity contribution in [3.63, 3.8) is 0 Å². The van der Waals surface area contributed by atoms with Crippen LogP contribution in [0.25, 0.3) is 137 Å². The minimum atomic E-state index is 0.701. The van der Waals surface area contributed by atoms with E-state index < -0.39 is 0 Å². The third-order valence-corrected chi connectivity index (χ3v) is 13.5. The molecule has 0 bridgehead atoms. The molecule has 300 valence electrons. The SMILES string of the molecule is c1ccc(-c2nc3cc4c5ccc(-c6cccc(-c7nc(-c8ccc9ccc%10cccc%11ccc8c9c%10%11)c8ccccc8n7)c6)cc5n(-c5ccccc5)c4cc3c3ccccc23)cc1. The van der Waals surface area contributed by atoms with Crippen molar-refractivity contribution >= 4 is 86.7 Å². The Bertz CT molecular complexity index is 4210. The van der Waals surface area contributed by atoms with Gasteiger partial charge in [-0.25, -0.2) is 15.0 Å². The van der Waals surface area contributed by atoms with Crippen molar-refractivity contribution in [2.24, 2.45) is 0 Å². The summed E-state index contributed by atoms with van der Waals surface area (Å²) in [5.41, 5.74) is 12.6. The molecule has 0 saturated heterocycles. The van der Waals surface area contributed by atoms with Crippen molar-refractivity contribution in [1.82, 2.24) is 19.5 Å². The lowest BCUT2D eigenvalue weighted by Gasteiger charge is -2.15. The molecule has 0 N–H and O–H groups in total. The molecule has 0 amide bonds. The molecule has 3 aromatic heterocycles. The lowest BCUT2D eigenvalue weighted by Crippen LogP contribution is -1.96. The smallest absolute Gasteiger partial charge is 0.160 e. The summed E-state index contributed by atoms with van der Waals surface area (Å²) in [5, 5.41) is 14.4. The lowest BCUT2D eigenvalue weighted by atomic mass is 9.90. The van der Waals surface area contributed by atoms with Crippen molar-refractivity contribution < 1.29 is 0 Å². The highest BCUT2D eigenvalue weighted by molar-refractivity contribution is 6.26. The Morgan fingerprint density at radius 2 is 0.923 bits per heavy atom. The number of rotatable bonds is 5. The van der Waals surface area contributed by atoms with Gasteiger partial charge in [0, 0.05) is 49.3 Å². The van der Waals surface area contributed by atoms with Gasteiger partial charge in [0.15, 0.2) is 5.82 Å². The number of benzene rings is 11. The zero-order valence-corrected chi connectivity index (χ0v) is 35.1. The molecule has 0 aliphatic rings. The molecule has 11 aromatic carbocycles. The quantitative estimate of drug-likeness (QED) is 0.162. The van der Waals surface area contributed by atoms with E-state index in [9.17, 15) is 0 Å². The van der Waals surface area contributed by atoms with Gasteiger partial charge in [-0.05, 0) is 91.3 Å². The second-order valence-electron chi connectivity index (χ2n) is 17.1. The summed E-state index contributed by atoms with van der Waals surface area (Å²) in [6, 6.07) is 78.5. The van der Waals surface area contributed by atoms with E-state index in [4.69, 9.17) is 15.0 Å². The molecule has 14 rings (SSSR count). The first-order chi connectivity index (χ1) is 32.2. The third-order valence-electron chi connectivity index (χ3n) is 13.5. The first-order valence-electron chi connectivity index (χ1n) is 22.2. The molecular weight excluding hydrogens is 789 g/mol. The third kappa shape index (κ3) is 5.47. The summed E-state index contributed by atoms with van der Waals surface area (Å²) in [6.45, 7) is 0. The number of pyridine rings is 1. The predicted molar refractivity (Wildman–Crippen MR) is 272 cm³/mol. The molecule has 0 fully saturated rings. The Balaban J connectivity index is 0.949. The van der Waals surface area contributed by atoms with Gasteiger partial charge < -0.3 is 4.57 Å². The maximum atomic E-state index is 5.44. The fraction of sp³-hybridized carbons (Fsp3) is 0. The van der Waals surface area contributed by atoms with Gasteiger partial charge in [-0.15, -0.1) is 0 Å². The van der Waals surface area contributed by atoms with E-state index in [2.05, 4.69) is 223 Å². The second kappa shape index (κ2) is 13.9. The van der Waals surface area contributed by atoms with E-state index >= 15 is 0 Å². The molecule has 65 heavy (non-hydrogen) atoms. The molecule has 0 radical (unpaired) electrons. The van der Waals surface area contributed by atoms with Crippen molar-refractivity contribution in [2.75, 3.05) is 0 Å². The normalized spacial score (nSPS) is 12.0. The number of fused-ring (bicyclic) bond motifs is 7. The standard InChI is InChI=1S/C61H36N4/c1-3-13-40(14-4-1)59-48-22-8-7-21-45(48)51-36-56-52(35-54(51)62-59)46-30-29-42(34-55(46)65(56)44-19-5-2-6-20-44)41-17-12-18-43(33-41)61-63-53-24-10-9-23-50(53)60(64-61)49-32-28-39-26-25-37-15-11-16-38-27-31-47(49)58(39)57(37)38/h1-36H. The minimum absolute atomic E-state index is 0.701. The zero-order valence-electron chi connectivity index (χ0n) is 35.1. The van der Waals surface area contributed by atoms with Crippen LogP contribution in [0.3, 0.4) is 0 Å². The van der Waals surface area contributed by atoms with Gasteiger partial charge in [0.2, 0.25) is 0 Å². The van der Waals surface area contributed by atoms with Crippen LogP contribution in [0.4, 0.5) is 0 Å². The predicted octanol–water partition coefficient (Wildman–Crippen LogP) is 16.0. The van der Waals surface area contributed by atoms with Crippen LogP contribution in [0.5, 0.6) is 0 Å². The molecule has 4 heteroatoms. The fourth-order valence-electron chi connectivity index (χ4n) is 10.5.